The maximum atomic E-state index is 12.2. The summed E-state index contributed by atoms with van der Waals surface area (Å²) in [5.41, 5.74) is 0. The van der Waals surface area contributed by atoms with Gasteiger partial charge in [-0.1, -0.05) is 34.8 Å². The van der Waals surface area contributed by atoms with Crippen molar-refractivity contribution >= 4 is 60.5 Å². The van der Waals surface area contributed by atoms with E-state index in [9.17, 15) is 34.3 Å². The average molecular weight is 466 g/mol. The lowest BCUT2D eigenvalue weighted by Gasteiger charge is -2.24. The highest BCUT2D eigenvalue weighted by molar-refractivity contribution is 7.50. The van der Waals surface area contributed by atoms with Crippen molar-refractivity contribution in [3.05, 3.63) is 0 Å². The lowest BCUT2D eigenvalue weighted by molar-refractivity contribution is -0.161. The van der Waals surface area contributed by atoms with Crippen LogP contribution in [0.5, 0.6) is 0 Å². The standard InChI is InChI=1S/C9H12Cl3O13P/c10-7(19,1-13)4(16)23-26(22,24-5(17)8(11,20)2-14)25-6(18)9(12,21)3-15/h13-15,19-21H,1-3H2. The lowest BCUT2D eigenvalue weighted by Crippen LogP contribution is -2.41. The van der Waals surface area contributed by atoms with Crippen LogP contribution in [0.15, 0.2) is 0 Å². The van der Waals surface area contributed by atoms with Crippen molar-refractivity contribution in [1.29, 1.82) is 0 Å². The van der Waals surface area contributed by atoms with Crippen LogP contribution in [-0.2, 0) is 32.5 Å². The highest BCUT2D eigenvalue weighted by atomic mass is 35.5. The molecule has 152 valence electrons. The van der Waals surface area contributed by atoms with Crippen molar-refractivity contribution in [3.8, 4) is 0 Å². The first kappa shape index (κ1) is 25.3. The van der Waals surface area contributed by atoms with Crippen LogP contribution in [-0.4, -0.2) is 83.5 Å². The van der Waals surface area contributed by atoms with Crippen LogP contribution in [0.1, 0.15) is 0 Å². The zero-order chi connectivity index (χ0) is 21.0. The summed E-state index contributed by atoms with van der Waals surface area (Å²) < 4.78 is 23.9. The first-order chi connectivity index (χ1) is 11.6. The normalized spacial score (nSPS) is 20.5. The van der Waals surface area contributed by atoms with Crippen LogP contribution < -0.4 is 0 Å². The first-order valence-electron chi connectivity index (χ1n) is 5.95. The maximum Gasteiger partial charge on any atom is 0.654 e. The van der Waals surface area contributed by atoms with Crippen molar-refractivity contribution in [3.63, 3.8) is 0 Å². The van der Waals surface area contributed by atoms with Crippen LogP contribution in [0.4, 0.5) is 0 Å². The molecule has 0 spiro atoms. The topological polar surface area (TPSA) is 217 Å². The molecule has 17 heteroatoms. The van der Waals surface area contributed by atoms with Gasteiger partial charge in [0.15, 0.2) is 0 Å². The van der Waals surface area contributed by atoms with E-state index in [4.69, 9.17) is 50.1 Å². The summed E-state index contributed by atoms with van der Waals surface area (Å²) in [5, 5.41) is 44.1. The van der Waals surface area contributed by atoms with E-state index >= 15 is 0 Å². The predicted octanol–water partition coefficient (Wildman–Crippen LogP) is -2.52. The smallest absolute Gasteiger partial charge is 0.391 e. The van der Waals surface area contributed by atoms with Gasteiger partial charge < -0.3 is 44.2 Å². The molecule has 0 saturated carbocycles. The molecule has 0 aliphatic heterocycles. The Hall–Kier alpha value is -0.730. The molecule has 0 amide bonds. The number of aliphatic hydroxyl groups excluding tert-OH is 3. The van der Waals surface area contributed by atoms with Crippen molar-refractivity contribution < 1.29 is 63.2 Å². The minimum atomic E-state index is -5.83. The Kier molecular flexibility index (Phi) is 8.72. The molecule has 0 aromatic rings. The molecule has 0 fully saturated rings. The second kappa shape index (κ2) is 8.97. The molecule has 0 aliphatic carbocycles. The molecule has 0 aromatic carbocycles. The van der Waals surface area contributed by atoms with E-state index in [1.165, 1.54) is 0 Å². The van der Waals surface area contributed by atoms with Gasteiger partial charge in [-0.05, 0) is 0 Å². The number of carbonyl (C=O) groups is 3. The molecule has 3 atom stereocenters. The number of phosphoric ester groups is 1. The van der Waals surface area contributed by atoms with Gasteiger partial charge in [0.2, 0.25) is 0 Å². The van der Waals surface area contributed by atoms with Gasteiger partial charge in [0.25, 0.3) is 15.2 Å². The number of alkyl halides is 3. The Morgan fingerprint density at radius 2 is 0.885 bits per heavy atom. The highest BCUT2D eigenvalue weighted by Crippen LogP contribution is 2.52. The second-order valence-electron chi connectivity index (χ2n) is 4.34. The van der Waals surface area contributed by atoms with Crippen molar-refractivity contribution in [2.75, 3.05) is 19.8 Å². The van der Waals surface area contributed by atoms with E-state index < -0.39 is 60.7 Å². The van der Waals surface area contributed by atoms with Gasteiger partial charge >= 0.3 is 25.7 Å². The Morgan fingerprint density at radius 3 is 1.04 bits per heavy atom. The molecule has 0 bridgehead atoms. The quantitative estimate of drug-likeness (QED) is 0.153. The van der Waals surface area contributed by atoms with Gasteiger partial charge in [-0.15, -0.1) is 0 Å². The zero-order valence-electron chi connectivity index (χ0n) is 12.2. The summed E-state index contributed by atoms with van der Waals surface area (Å²) in [5.74, 6) is -6.51. The first-order valence-corrected chi connectivity index (χ1v) is 8.55. The number of carbonyl (C=O) groups excluding carboxylic acids is 3. The van der Waals surface area contributed by atoms with Crippen molar-refractivity contribution in [1.82, 2.24) is 0 Å². The fourth-order valence-corrected chi connectivity index (χ4v) is 2.22. The summed E-state index contributed by atoms with van der Waals surface area (Å²) in [6.07, 6.45) is 0. The van der Waals surface area contributed by atoms with Crippen LogP contribution >= 0.6 is 42.6 Å². The molecule has 0 saturated heterocycles. The summed E-state index contributed by atoms with van der Waals surface area (Å²) >= 11 is 15.2. The van der Waals surface area contributed by atoms with Crippen molar-refractivity contribution in [2.45, 2.75) is 15.2 Å². The molecule has 0 aliphatic rings. The Morgan fingerprint density at radius 1 is 0.692 bits per heavy atom. The highest BCUT2D eigenvalue weighted by Gasteiger charge is 2.51. The number of halogens is 3. The molecule has 26 heavy (non-hydrogen) atoms. The number of hydrogen-bond donors (Lipinski definition) is 6. The van der Waals surface area contributed by atoms with E-state index in [-0.39, 0.29) is 0 Å². The Bertz CT molecular complexity index is 523. The van der Waals surface area contributed by atoms with E-state index in [1.54, 1.807) is 0 Å². The van der Waals surface area contributed by atoms with Gasteiger partial charge in [0.1, 0.15) is 0 Å². The number of aliphatic hydroxyl groups is 6. The predicted molar refractivity (Wildman–Crippen MR) is 79.5 cm³/mol. The van der Waals surface area contributed by atoms with E-state index in [2.05, 4.69) is 13.6 Å². The van der Waals surface area contributed by atoms with Gasteiger partial charge in [0, 0.05) is 0 Å². The largest absolute Gasteiger partial charge is 0.654 e. The molecular formula is C9H12Cl3O13P. The third kappa shape index (κ3) is 6.78. The van der Waals surface area contributed by atoms with Crippen LogP contribution in [0, 0.1) is 0 Å². The molecular weight excluding hydrogens is 453 g/mol. The van der Waals surface area contributed by atoms with E-state index in [0.29, 0.717) is 0 Å². The lowest BCUT2D eigenvalue weighted by atomic mass is 10.4. The van der Waals surface area contributed by atoms with Crippen LogP contribution in [0.25, 0.3) is 0 Å². The molecule has 0 aromatic heterocycles. The zero-order valence-corrected chi connectivity index (χ0v) is 15.4. The SMILES string of the molecule is O=C(OP(=O)(OC(=O)C(O)(Cl)CO)OC(=O)C(O)(Cl)CO)C(O)(Cl)CO. The van der Waals surface area contributed by atoms with Gasteiger partial charge in [-0.25, -0.2) is 14.4 Å². The fraction of sp³-hybridized carbons (Fsp3) is 0.667. The number of hydrogen-bond acceptors (Lipinski definition) is 13. The van der Waals surface area contributed by atoms with Gasteiger partial charge in [-0.3, -0.25) is 0 Å². The van der Waals surface area contributed by atoms with Gasteiger partial charge in [0.05, 0.1) is 19.8 Å². The molecule has 6 N–H and O–H groups in total. The molecule has 0 rings (SSSR count). The fourth-order valence-electron chi connectivity index (χ4n) is 0.764. The third-order valence-corrected chi connectivity index (χ3v) is 4.14. The minimum Gasteiger partial charge on any atom is -0.391 e. The summed E-state index contributed by atoms with van der Waals surface area (Å²) in [6, 6.07) is 0. The number of rotatable bonds is 9. The van der Waals surface area contributed by atoms with Gasteiger partial charge in [-0.2, -0.15) is 4.57 Å². The molecule has 0 radical (unpaired) electrons. The summed E-state index contributed by atoms with van der Waals surface area (Å²) in [6.45, 7) is -4.54. The second-order valence-corrected chi connectivity index (χ2v) is 7.65. The third-order valence-electron chi connectivity index (χ3n) is 2.15. The van der Waals surface area contributed by atoms with E-state index in [1.807, 2.05) is 0 Å². The Labute approximate surface area is 159 Å². The van der Waals surface area contributed by atoms with E-state index in [0.717, 1.165) is 0 Å². The molecule has 13 nitrogen and oxygen atoms in total. The average Bonchev–Trinajstić information content (AvgIpc) is 2.53. The minimum absolute atomic E-state index is 1.51. The maximum absolute atomic E-state index is 12.2. The number of phosphoric acid groups is 1. The Balaban J connectivity index is 5.73. The summed E-state index contributed by atoms with van der Waals surface area (Å²) in [4.78, 5) is 34.5. The summed E-state index contributed by atoms with van der Waals surface area (Å²) in [7, 11) is -5.83. The molecule has 0 heterocycles. The van der Waals surface area contributed by atoms with Crippen LogP contribution in [0.2, 0.25) is 0 Å². The van der Waals surface area contributed by atoms with Crippen LogP contribution in [0.3, 0.4) is 0 Å². The van der Waals surface area contributed by atoms with Crippen molar-refractivity contribution in [2.24, 2.45) is 0 Å². The molecule has 3 unspecified atom stereocenters. The monoisotopic (exact) mass is 464 g/mol.